The Kier molecular flexibility index (Phi) is 4.89. The maximum absolute atomic E-state index is 13.7. The van der Waals surface area contributed by atoms with Crippen molar-refractivity contribution in [1.82, 2.24) is 0 Å². The Bertz CT molecular complexity index is 1880. The van der Waals surface area contributed by atoms with Crippen molar-refractivity contribution in [2.45, 2.75) is 0 Å². The van der Waals surface area contributed by atoms with E-state index in [9.17, 15) is 28.8 Å². The van der Waals surface area contributed by atoms with E-state index in [4.69, 9.17) is 9.47 Å². The lowest BCUT2D eigenvalue weighted by Crippen LogP contribution is -2.20. The number of ether oxygens (including phenoxy) is 2. The molecule has 0 spiro atoms. The number of benzene rings is 5. The molecule has 190 valence electrons. The van der Waals surface area contributed by atoms with Gasteiger partial charge in [0.15, 0.2) is 11.6 Å². The summed E-state index contributed by atoms with van der Waals surface area (Å²) in [6.45, 7) is 0. The minimum atomic E-state index is -0.781. The van der Waals surface area contributed by atoms with E-state index in [1.54, 1.807) is 42.5 Å². The minimum absolute atomic E-state index is 0.191. The van der Waals surface area contributed by atoms with Crippen molar-refractivity contribution < 1.29 is 38.2 Å². The number of ketones is 2. The van der Waals surface area contributed by atoms with E-state index in [2.05, 4.69) is 0 Å². The summed E-state index contributed by atoms with van der Waals surface area (Å²) < 4.78 is 9.59. The molecule has 2 aliphatic rings. The van der Waals surface area contributed by atoms with Gasteiger partial charge in [-0.1, -0.05) is 42.5 Å². The van der Waals surface area contributed by atoms with Crippen LogP contribution in [0.3, 0.4) is 0 Å². The molecule has 5 aromatic rings. The molecular formula is C32H14O8. The molecule has 0 atom stereocenters. The van der Waals surface area contributed by atoms with Gasteiger partial charge >= 0.3 is 23.9 Å². The Labute approximate surface area is 224 Å². The highest BCUT2D eigenvalue weighted by molar-refractivity contribution is 6.27. The van der Waals surface area contributed by atoms with Crippen molar-refractivity contribution in [2.24, 2.45) is 0 Å². The highest BCUT2D eigenvalue weighted by atomic mass is 16.6. The molecule has 0 amide bonds. The predicted octanol–water partition coefficient (Wildman–Crippen LogP) is 5.08. The van der Waals surface area contributed by atoms with Crippen LogP contribution in [0.5, 0.6) is 0 Å². The first-order valence-corrected chi connectivity index (χ1v) is 12.2. The van der Waals surface area contributed by atoms with Crippen LogP contribution in [0.4, 0.5) is 0 Å². The van der Waals surface area contributed by atoms with Crippen LogP contribution < -0.4 is 0 Å². The molecule has 0 aliphatic carbocycles. The molecule has 40 heavy (non-hydrogen) atoms. The van der Waals surface area contributed by atoms with Crippen molar-refractivity contribution in [3.8, 4) is 0 Å². The number of esters is 4. The van der Waals surface area contributed by atoms with Crippen LogP contribution in [0.15, 0.2) is 84.9 Å². The Hall–Kier alpha value is -5.76. The van der Waals surface area contributed by atoms with Gasteiger partial charge in [0.2, 0.25) is 0 Å². The van der Waals surface area contributed by atoms with Crippen molar-refractivity contribution in [1.29, 1.82) is 0 Å². The number of cyclic esters (lactones) is 4. The van der Waals surface area contributed by atoms with Crippen molar-refractivity contribution in [2.75, 3.05) is 0 Å². The largest absolute Gasteiger partial charge is 0.386 e. The van der Waals surface area contributed by atoms with Crippen LogP contribution in [0.1, 0.15) is 73.3 Å². The standard InChI is InChI=1S/C32H14O8/c33-27(19-10-12-23-25-17(19)6-2-8-21(25)29(35)39-31(23)37)15-4-1-5-16(14-15)28(34)20-11-13-24-26-18(20)7-3-9-22(26)30(36)40-32(24)38/h1-14H. The fraction of sp³-hybridized carbons (Fsp3) is 0. The highest BCUT2D eigenvalue weighted by Crippen LogP contribution is 2.34. The van der Waals surface area contributed by atoms with Crippen molar-refractivity contribution >= 4 is 57.0 Å². The lowest BCUT2D eigenvalue weighted by atomic mass is 9.89. The molecule has 0 fully saturated rings. The molecular weight excluding hydrogens is 512 g/mol. The second-order valence-electron chi connectivity index (χ2n) is 9.37. The Balaban J connectivity index is 1.32. The molecule has 7 rings (SSSR count). The van der Waals surface area contributed by atoms with Gasteiger partial charge in [0, 0.05) is 33.0 Å². The smallest absolute Gasteiger partial charge is 0.346 e. The third-order valence-electron chi connectivity index (χ3n) is 7.21. The van der Waals surface area contributed by atoms with E-state index in [-0.39, 0.29) is 44.5 Å². The summed E-state index contributed by atoms with van der Waals surface area (Å²) in [6.07, 6.45) is 0. The number of hydrogen-bond acceptors (Lipinski definition) is 8. The summed E-state index contributed by atoms with van der Waals surface area (Å²) in [7, 11) is 0. The van der Waals surface area contributed by atoms with E-state index in [1.165, 1.54) is 42.5 Å². The summed E-state index contributed by atoms with van der Waals surface area (Å²) >= 11 is 0. The summed E-state index contributed by atoms with van der Waals surface area (Å²) in [5, 5.41) is 1.53. The third-order valence-corrected chi connectivity index (χ3v) is 7.21. The molecule has 0 aromatic heterocycles. The zero-order valence-corrected chi connectivity index (χ0v) is 20.3. The molecule has 0 bridgehead atoms. The van der Waals surface area contributed by atoms with Gasteiger partial charge in [-0.2, -0.15) is 0 Å². The van der Waals surface area contributed by atoms with Crippen molar-refractivity contribution in [3.05, 3.63) is 129 Å². The zero-order chi connectivity index (χ0) is 27.7. The number of carbonyl (C=O) groups is 6. The lowest BCUT2D eigenvalue weighted by molar-refractivity contribution is 0.0373. The normalized spacial score (nSPS) is 13.8. The molecule has 2 aliphatic heterocycles. The highest BCUT2D eigenvalue weighted by Gasteiger charge is 2.31. The maximum Gasteiger partial charge on any atom is 0.346 e. The Morgan fingerprint density at radius 3 is 1.25 bits per heavy atom. The van der Waals surface area contributed by atoms with Gasteiger partial charge in [0.05, 0.1) is 22.3 Å². The predicted molar refractivity (Wildman–Crippen MR) is 141 cm³/mol. The van der Waals surface area contributed by atoms with Gasteiger partial charge in [-0.3, -0.25) is 9.59 Å². The van der Waals surface area contributed by atoms with Crippen LogP contribution >= 0.6 is 0 Å². The second kappa shape index (κ2) is 8.37. The topological polar surface area (TPSA) is 121 Å². The summed E-state index contributed by atoms with van der Waals surface area (Å²) in [6, 6.07) is 21.7. The molecule has 0 saturated heterocycles. The van der Waals surface area contributed by atoms with Crippen LogP contribution in [-0.4, -0.2) is 35.4 Å². The van der Waals surface area contributed by atoms with Gasteiger partial charge in [0.25, 0.3) is 0 Å². The second-order valence-corrected chi connectivity index (χ2v) is 9.37. The molecule has 0 radical (unpaired) electrons. The van der Waals surface area contributed by atoms with Gasteiger partial charge in [-0.25, -0.2) is 19.2 Å². The first-order chi connectivity index (χ1) is 19.3. The number of rotatable bonds is 4. The summed E-state index contributed by atoms with van der Waals surface area (Å²) in [5.41, 5.74) is 1.71. The third kappa shape index (κ3) is 3.26. The average molecular weight is 526 g/mol. The van der Waals surface area contributed by atoms with E-state index in [0.717, 1.165) is 0 Å². The number of carbonyl (C=O) groups excluding carboxylic acids is 6. The van der Waals surface area contributed by atoms with Gasteiger partial charge < -0.3 is 9.47 Å². The molecule has 0 saturated carbocycles. The summed E-state index contributed by atoms with van der Waals surface area (Å²) in [4.78, 5) is 76.5. The molecule has 5 aromatic carbocycles. The van der Waals surface area contributed by atoms with Gasteiger partial charge in [-0.15, -0.1) is 0 Å². The average Bonchev–Trinajstić information content (AvgIpc) is 2.97. The van der Waals surface area contributed by atoms with Crippen molar-refractivity contribution in [3.63, 3.8) is 0 Å². The molecule has 2 heterocycles. The molecule has 0 N–H and O–H groups in total. The van der Waals surface area contributed by atoms with Crippen LogP contribution in [-0.2, 0) is 9.47 Å². The monoisotopic (exact) mass is 526 g/mol. The molecule has 8 heteroatoms. The fourth-order valence-electron chi connectivity index (χ4n) is 5.39. The molecule has 0 unspecified atom stereocenters. The minimum Gasteiger partial charge on any atom is -0.386 e. The van der Waals surface area contributed by atoms with Gasteiger partial charge in [-0.05, 0) is 53.2 Å². The fourth-order valence-corrected chi connectivity index (χ4v) is 5.39. The van der Waals surface area contributed by atoms with Crippen LogP contribution in [0.25, 0.3) is 21.5 Å². The first-order valence-electron chi connectivity index (χ1n) is 12.2. The van der Waals surface area contributed by atoms with E-state index in [0.29, 0.717) is 21.5 Å². The van der Waals surface area contributed by atoms with Crippen LogP contribution in [0.2, 0.25) is 0 Å². The zero-order valence-electron chi connectivity index (χ0n) is 20.3. The van der Waals surface area contributed by atoms with Gasteiger partial charge in [0.1, 0.15) is 0 Å². The molecule has 8 nitrogen and oxygen atoms in total. The van der Waals surface area contributed by atoms with E-state index >= 15 is 0 Å². The first kappa shape index (κ1) is 23.4. The van der Waals surface area contributed by atoms with E-state index < -0.39 is 35.4 Å². The van der Waals surface area contributed by atoms with Crippen LogP contribution in [0, 0.1) is 0 Å². The van der Waals surface area contributed by atoms with E-state index in [1.807, 2.05) is 0 Å². The SMILES string of the molecule is O=C(c1cccc(C(=O)c2ccc3c4c(cccc24)C(=O)OC3=O)c1)c1ccc2c3c(cccc13)C(=O)OC2=O. The Morgan fingerprint density at radius 1 is 0.450 bits per heavy atom. The number of hydrogen-bond donors (Lipinski definition) is 0. The summed E-state index contributed by atoms with van der Waals surface area (Å²) in [5.74, 6) is -3.94. The quantitative estimate of drug-likeness (QED) is 0.181. The maximum atomic E-state index is 13.7. The lowest BCUT2D eigenvalue weighted by Gasteiger charge is -2.17. The Morgan fingerprint density at radius 2 is 0.825 bits per heavy atom.